The van der Waals surface area contributed by atoms with E-state index in [2.05, 4.69) is 74.6 Å². The molecule has 1 saturated carbocycles. The maximum absolute atomic E-state index is 12.3. The van der Waals surface area contributed by atoms with E-state index < -0.39 is 0 Å². The van der Waals surface area contributed by atoms with Crippen LogP contribution in [0.1, 0.15) is 83.1 Å². The van der Waals surface area contributed by atoms with Crippen LogP contribution < -0.4 is 15.5 Å². The smallest absolute Gasteiger partial charge is 0.222 e. The lowest BCUT2D eigenvalue weighted by Gasteiger charge is -2.34. The molecule has 1 aromatic carbocycles. The van der Waals surface area contributed by atoms with Gasteiger partial charge in [0.25, 0.3) is 0 Å². The number of likely N-dealkylation sites (tertiary alicyclic amines) is 1. The van der Waals surface area contributed by atoms with Crippen LogP contribution >= 0.6 is 15.9 Å². The molecule has 1 aliphatic carbocycles. The fourth-order valence-corrected chi connectivity index (χ4v) is 5.82. The van der Waals surface area contributed by atoms with Gasteiger partial charge in [-0.15, -0.1) is 0 Å². The third kappa shape index (κ3) is 9.37. The molecule has 2 aliphatic heterocycles. The first kappa shape index (κ1) is 30.6. The summed E-state index contributed by atoms with van der Waals surface area (Å²) in [6.45, 7) is 11.2. The van der Waals surface area contributed by atoms with E-state index >= 15 is 0 Å². The quantitative estimate of drug-likeness (QED) is 0.123. The number of hydrogen-bond acceptors (Lipinski definition) is 5. The Balaban J connectivity index is 1.34. The molecule has 0 atom stereocenters. The SMILES string of the molecule is CCC/C=C(NCCCN1CCCCCC1=O)/C(Br)=C\N=C(C)Nc1ccc(N2CCN(C)CC2)cc1C1CC1. The molecule has 3 aliphatic rings. The normalized spacial score (nSPS) is 20.1. The van der Waals surface area contributed by atoms with E-state index in [4.69, 9.17) is 4.99 Å². The van der Waals surface area contributed by atoms with E-state index in [1.165, 1.54) is 36.2 Å². The molecule has 0 bridgehead atoms. The third-order valence-electron chi connectivity index (χ3n) is 8.09. The molecule has 1 aromatic rings. The summed E-state index contributed by atoms with van der Waals surface area (Å²) in [5.41, 5.74) is 5.00. The molecule has 8 heteroatoms. The number of nitrogens with zero attached hydrogens (tertiary/aromatic N) is 4. The first-order chi connectivity index (χ1) is 19.4. The second-order valence-electron chi connectivity index (χ2n) is 11.5. The molecule has 4 rings (SSSR count). The highest BCUT2D eigenvalue weighted by atomic mass is 79.9. The number of unbranched alkanes of at least 4 members (excludes halogenated alkanes) is 1. The van der Waals surface area contributed by atoms with Crippen molar-refractivity contribution in [1.82, 2.24) is 15.1 Å². The van der Waals surface area contributed by atoms with Crippen molar-refractivity contribution in [2.75, 3.05) is 63.1 Å². The Morgan fingerprint density at radius 1 is 1.12 bits per heavy atom. The average molecular weight is 614 g/mol. The van der Waals surface area contributed by atoms with Gasteiger partial charge in [0.1, 0.15) is 5.84 Å². The minimum Gasteiger partial charge on any atom is -0.384 e. The monoisotopic (exact) mass is 612 g/mol. The number of benzene rings is 1. The van der Waals surface area contributed by atoms with Crippen molar-refractivity contribution in [1.29, 1.82) is 0 Å². The lowest BCUT2D eigenvalue weighted by atomic mass is 10.1. The Morgan fingerprint density at radius 2 is 1.93 bits per heavy atom. The Labute approximate surface area is 250 Å². The number of halogens is 1. The molecule has 3 fully saturated rings. The van der Waals surface area contributed by atoms with Crippen molar-refractivity contribution in [2.24, 2.45) is 4.99 Å². The van der Waals surface area contributed by atoms with Crippen LogP contribution in [0.2, 0.25) is 0 Å². The highest BCUT2D eigenvalue weighted by Gasteiger charge is 2.27. The molecule has 40 heavy (non-hydrogen) atoms. The molecule has 2 N–H and O–H groups in total. The molecule has 2 heterocycles. The topological polar surface area (TPSA) is 63.2 Å². The summed E-state index contributed by atoms with van der Waals surface area (Å²) in [6.07, 6.45) is 13.7. The number of rotatable bonds is 12. The van der Waals surface area contributed by atoms with Crippen molar-refractivity contribution in [3.8, 4) is 0 Å². The molecule has 220 valence electrons. The largest absolute Gasteiger partial charge is 0.384 e. The van der Waals surface area contributed by atoms with E-state index in [0.29, 0.717) is 18.2 Å². The summed E-state index contributed by atoms with van der Waals surface area (Å²) >= 11 is 3.76. The number of likely N-dealkylation sites (N-methyl/N-ethyl adjacent to an activating group) is 1. The number of allylic oxidation sites excluding steroid dienone is 2. The number of hydrogen-bond donors (Lipinski definition) is 2. The summed E-state index contributed by atoms with van der Waals surface area (Å²) in [4.78, 5) is 24.0. The van der Waals surface area contributed by atoms with Crippen molar-refractivity contribution < 1.29 is 4.79 Å². The van der Waals surface area contributed by atoms with Gasteiger partial charge in [0, 0.05) is 75.5 Å². The van der Waals surface area contributed by atoms with E-state index in [1.54, 1.807) is 0 Å². The standard InChI is InChI=1S/C32H49BrN6O/c1-4-5-10-31(34-16-9-18-39-17-8-6-7-11-32(39)40)29(33)24-35-25(2)36-30-15-14-27(23-28(30)26-12-13-26)38-21-19-37(3)20-22-38/h10,14-15,23-24,26,34H,4-9,11-13,16-22H2,1-3H3,(H,35,36)/b29-24+,31-10-. The molecule has 2 saturated heterocycles. The van der Waals surface area contributed by atoms with E-state index in [0.717, 1.165) is 93.9 Å². The molecule has 0 spiro atoms. The molecular weight excluding hydrogens is 564 g/mol. The van der Waals surface area contributed by atoms with Crippen LogP contribution in [0.5, 0.6) is 0 Å². The van der Waals surface area contributed by atoms with Crippen LogP contribution in [0.15, 0.2) is 45.6 Å². The zero-order valence-corrected chi connectivity index (χ0v) is 26.4. The highest BCUT2D eigenvalue weighted by Crippen LogP contribution is 2.44. The predicted octanol–water partition coefficient (Wildman–Crippen LogP) is 6.45. The van der Waals surface area contributed by atoms with Gasteiger partial charge in [-0.3, -0.25) is 4.79 Å². The first-order valence-electron chi connectivity index (χ1n) is 15.4. The zero-order chi connectivity index (χ0) is 28.3. The Morgan fingerprint density at radius 3 is 2.67 bits per heavy atom. The molecule has 0 radical (unpaired) electrons. The van der Waals surface area contributed by atoms with Gasteiger partial charge in [0.15, 0.2) is 0 Å². The van der Waals surface area contributed by atoms with E-state index in [1.807, 2.05) is 18.0 Å². The summed E-state index contributed by atoms with van der Waals surface area (Å²) in [5.74, 6) is 1.85. The number of amides is 1. The van der Waals surface area contributed by atoms with Crippen LogP contribution in [-0.2, 0) is 4.79 Å². The third-order valence-corrected chi connectivity index (χ3v) is 8.73. The maximum atomic E-state index is 12.3. The van der Waals surface area contributed by atoms with Gasteiger partial charge in [-0.05, 0) is 98.1 Å². The Bertz CT molecular complexity index is 1070. The maximum Gasteiger partial charge on any atom is 0.222 e. The highest BCUT2D eigenvalue weighted by molar-refractivity contribution is 9.12. The van der Waals surface area contributed by atoms with Crippen molar-refractivity contribution in [3.05, 3.63) is 46.2 Å². The first-order valence-corrected chi connectivity index (χ1v) is 16.2. The minimum atomic E-state index is 0.316. The fourth-order valence-electron chi connectivity index (χ4n) is 5.42. The molecule has 7 nitrogen and oxygen atoms in total. The number of amidine groups is 1. The number of aliphatic imine (C=N–C) groups is 1. The zero-order valence-electron chi connectivity index (χ0n) is 24.9. The minimum absolute atomic E-state index is 0.316. The Kier molecular flexibility index (Phi) is 12.0. The van der Waals surface area contributed by atoms with Gasteiger partial charge in [0.05, 0.1) is 4.48 Å². The second-order valence-corrected chi connectivity index (χ2v) is 12.4. The van der Waals surface area contributed by atoms with Crippen molar-refractivity contribution in [2.45, 2.75) is 77.6 Å². The van der Waals surface area contributed by atoms with Crippen molar-refractivity contribution in [3.63, 3.8) is 0 Å². The lowest BCUT2D eigenvalue weighted by molar-refractivity contribution is -0.130. The molecule has 1 amide bonds. The number of piperazine rings is 1. The van der Waals surface area contributed by atoms with Crippen molar-refractivity contribution >= 4 is 39.0 Å². The average Bonchev–Trinajstić information content (AvgIpc) is 3.81. The summed E-state index contributed by atoms with van der Waals surface area (Å²) in [7, 11) is 2.20. The van der Waals surface area contributed by atoms with E-state index in [-0.39, 0.29) is 0 Å². The summed E-state index contributed by atoms with van der Waals surface area (Å²) < 4.78 is 0.945. The lowest BCUT2D eigenvalue weighted by Crippen LogP contribution is -2.44. The van der Waals surface area contributed by atoms with Crippen LogP contribution in [0.3, 0.4) is 0 Å². The molecule has 0 aromatic heterocycles. The van der Waals surface area contributed by atoms with E-state index in [9.17, 15) is 4.79 Å². The van der Waals surface area contributed by atoms with Gasteiger partial charge < -0.3 is 25.3 Å². The summed E-state index contributed by atoms with van der Waals surface area (Å²) in [5, 5.41) is 7.17. The molecule has 0 unspecified atom stereocenters. The summed E-state index contributed by atoms with van der Waals surface area (Å²) in [6, 6.07) is 6.90. The predicted molar refractivity (Wildman–Crippen MR) is 173 cm³/mol. The van der Waals surface area contributed by atoms with Crippen LogP contribution in [0, 0.1) is 0 Å². The fraction of sp³-hybridized carbons (Fsp3) is 0.625. The van der Waals surface area contributed by atoms with Crippen LogP contribution in [-0.4, -0.2) is 74.4 Å². The number of carbonyl (C=O) groups is 1. The van der Waals surface area contributed by atoms with Gasteiger partial charge in [-0.25, -0.2) is 4.99 Å². The van der Waals surface area contributed by atoms with Gasteiger partial charge in [-0.2, -0.15) is 0 Å². The van der Waals surface area contributed by atoms with Gasteiger partial charge in [0.2, 0.25) is 5.91 Å². The number of carbonyl (C=O) groups excluding carboxylic acids is 1. The number of anilines is 2. The van der Waals surface area contributed by atoms with Gasteiger partial charge >= 0.3 is 0 Å². The molecular formula is C32H49BrN6O. The second kappa shape index (κ2) is 15.6. The van der Waals surface area contributed by atoms with Crippen LogP contribution in [0.25, 0.3) is 0 Å². The van der Waals surface area contributed by atoms with Crippen LogP contribution in [0.4, 0.5) is 11.4 Å². The van der Waals surface area contributed by atoms with Gasteiger partial charge in [-0.1, -0.05) is 25.8 Å². The Hall–Kier alpha value is -2.32. The number of nitrogens with one attached hydrogen (secondary N) is 2.